The minimum atomic E-state index is 0.0723. The number of nitrogens with zero attached hydrogens (tertiary/aromatic N) is 1. The fraction of sp³-hybridized carbons (Fsp3) is 0.462. The zero-order chi connectivity index (χ0) is 11.1. The van der Waals surface area contributed by atoms with Crippen molar-refractivity contribution in [3.63, 3.8) is 0 Å². The summed E-state index contributed by atoms with van der Waals surface area (Å²) in [6.45, 7) is 0.902. The molecule has 3 heteroatoms. The summed E-state index contributed by atoms with van der Waals surface area (Å²) in [5.41, 5.74) is 0.604. The van der Waals surface area contributed by atoms with E-state index in [4.69, 9.17) is 0 Å². The molecular formula is C13H15NO2. The van der Waals surface area contributed by atoms with Gasteiger partial charge >= 0.3 is 0 Å². The maximum atomic E-state index is 12.2. The van der Waals surface area contributed by atoms with Crippen molar-refractivity contribution in [2.45, 2.75) is 25.3 Å². The molecule has 2 bridgehead atoms. The highest BCUT2D eigenvalue weighted by molar-refractivity contribution is 5.95. The van der Waals surface area contributed by atoms with Crippen LogP contribution in [0.3, 0.4) is 0 Å². The number of likely N-dealkylation sites (tertiary alicyclic amines) is 1. The quantitative estimate of drug-likeness (QED) is 0.781. The van der Waals surface area contributed by atoms with Gasteiger partial charge in [0.15, 0.2) is 0 Å². The Labute approximate surface area is 94.7 Å². The van der Waals surface area contributed by atoms with E-state index in [9.17, 15) is 9.90 Å². The van der Waals surface area contributed by atoms with Crippen molar-refractivity contribution < 1.29 is 9.90 Å². The summed E-state index contributed by atoms with van der Waals surface area (Å²) in [4.78, 5) is 14.2. The van der Waals surface area contributed by atoms with Crippen LogP contribution >= 0.6 is 0 Å². The number of phenols is 1. The molecule has 2 fully saturated rings. The summed E-state index contributed by atoms with van der Waals surface area (Å²) in [5, 5.41) is 9.37. The molecule has 1 amide bonds. The zero-order valence-corrected chi connectivity index (χ0v) is 9.10. The number of amides is 1. The highest BCUT2D eigenvalue weighted by Gasteiger charge is 2.40. The van der Waals surface area contributed by atoms with Crippen LogP contribution in [0.25, 0.3) is 0 Å². The lowest BCUT2D eigenvalue weighted by atomic mass is 10.1. The van der Waals surface area contributed by atoms with Gasteiger partial charge in [0, 0.05) is 18.2 Å². The van der Waals surface area contributed by atoms with Gasteiger partial charge in [0.25, 0.3) is 5.91 Å². The lowest BCUT2D eigenvalue weighted by Gasteiger charge is -2.27. The lowest BCUT2D eigenvalue weighted by Crippen LogP contribution is -2.37. The van der Waals surface area contributed by atoms with Gasteiger partial charge in [0.05, 0.1) is 0 Å². The van der Waals surface area contributed by atoms with Crippen LogP contribution in [0.15, 0.2) is 24.3 Å². The monoisotopic (exact) mass is 217 g/mol. The molecule has 1 saturated carbocycles. The van der Waals surface area contributed by atoms with Crippen LogP contribution in [-0.4, -0.2) is 28.5 Å². The fourth-order valence-electron chi connectivity index (χ4n) is 2.98. The van der Waals surface area contributed by atoms with E-state index < -0.39 is 0 Å². The molecule has 2 atom stereocenters. The molecule has 0 aromatic heterocycles. The van der Waals surface area contributed by atoms with Gasteiger partial charge in [-0.1, -0.05) is 6.07 Å². The number of hydrogen-bond acceptors (Lipinski definition) is 2. The molecule has 1 aliphatic heterocycles. The van der Waals surface area contributed by atoms with Crippen LogP contribution in [0.4, 0.5) is 0 Å². The summed E-state index contributed by atoms with van der Waals surface area (Å²) in [5.74, 6) is 0.949. The van der Waals surface area contributed by atoms with Crippen molar-refractivity contribution in [1.29, 1.82) is 0 Å². The second-order valence-electron chi connectivity index (χ2n) is 4.84. The first kappa shape index (κ1) is 9.70. The largest absolute Gasteiger partial charge is 0.508 e. The highest BCUT2D eigenvalue weighted by atomic mass is 16.3. The Morgan fingerprint density at radius 3 is 2.88 bits per heavy atom. The number of rotatable bonds is 1. The van der Waals surface area contributed by atoms with E-state index in [1.54, 1.807) is 24.3 Å². The number of piperidine rings is 1. The van der Waals surface area contributed by atoms with E-state index in [0.29, 0.717) is 17.5 Å². The number of aromatic hydroxyl groups is 1. The lowest BCUT2D eigenvalue weighted by molar-refractivity contribution is 0.0703. The molecule has 0 radical (unpaired) electrons. The van der Waals surface area contributed by atoms with Gasteiger partial charge in [-0.2, -0.15) is 0 Å². The number of carbonyl (C=O) groups is 1. The molecule has 3 rings (SSSR count). The molecule has 3 nitrogen and oxygen atoms in total. The first-order chi connectivity index (χ1) is 7.74. The first-order valence-electron chi connectivity index (χ1n) is 5.84. The number of fused-ring (bicyclic) bond motifs is 2. The van der Waals surface area contributed by atoms with Gasteiger partial charge in [-0.05, 0) is 43.4 Å². The maximum absolute atomic E-state index is 12.2. The van der Waals surface area contributed by atoms with E-state index in [1.165, 1.54) is 12.8 Å². The molecule has 1 aliphatic carbocycles. The Hall–Kier alpha value is -1.51. The molecule has 1 saturated heterocycles. The van der Waals surface area contributed by atoms with Gasteiger partial charge in [-0.15, -0.1) is 0 Å². The highest BCUT2D eigenvalue weighted by Crippen LogP contribution is 2.38. The van der Waals surface area contributed by atoms with Gasteiger partial charge < -0.3 is 10.0 Å². The topological polar surface area (TPSA) is 40.5 Å². The van der Waals surface area contributed by atoms with Crippen LogP contribution in [0, 0.1) is 5.92 Å². The molecule has 2 aliphatic rings. The van der Waals surface area contributed by atoms with Crippen molar-refractivity contribution in [3.05, 3.63) is 29.8 Å². The van der Waals surface area contributed by atoms with Gasteiger partial charge in [-0.25, -0.2) is 0 Å². The van der Waals surface area contributed by atoms with Crippen molar-refractivity contribution in [3.8, 4) is 5.75 Å². The molecule has 1 heterocycles. The van der Waals surface area contributed by atoms with Crippen LogP contribution in [-0.2, 0) is 0 Å². The zero-order valence-electron chi connectivity index (χ0n) is 9.10. The molecule has 1 N–H and O–H groups in total. The minimum Gasteiger partial charge on any atom is -0.508 e. The van der Waals surface area contributed by atoms with E-state index in [1.807, 2.05) is 4.90 Å². The Morgan fingerprint density at radius 2 is 2.25 bits per heavy atom. The third kappa shape index (κ3) is 1.47. The normalized spacial score (nSPS) is 27.4. The van der Waals surface area contributed by atoms with Crippen molar-refractivity contribution in [1.82, 2.24) is 4.90 Å². The minimum absolute atomic E-state index is 0.0723. The van der Waals surface area contributed by atoms with E-state index in [0.717, 1.165) is 13.0 Å². The van der Waals surface area contributed by atoms with Crippen LogP contribution < -0.4 is 0 Å². The second kappa shape index (κ2) is 3.51. The fourth-order valence-corrected chi connectivity index (χ4v) is 2.98. The summed E-state index contributed by atoms with van der Waals surface area (Å²) in [6.07, 6.45) is 3.59. The smallest absolute Gasteiger partial charge is 0.254 e. The Balaban J connectivity index is 1.83. The number of benzene rings is 1. The molecular weight excluding hydrogens is 202 g/mol. The second-order valence-corrected chi connectivity index (χ2v) is 4.84. The van der Waals surface area contributed by atoms with Gasteiger partial charge in [-0.3, -0.25) is 4.79 Å². The standard InChI is InChI=1S/C13H15NO2/c15-12-3-1-2-10(7-12)13(16)14-8-9-4-5-11(14)6-9/h1-3,7,9,11,15H,4-6,8H2. The number of phenolic OH excluding ortho intramolecular Hbond substituents is 1. The predicted octanol–water partition coefficient (Wildman–Crippen LogP) is 2.02. The van der Waals surface area contributed by atoms with E-state index >= 15 is 0 Å². The van der Waals surface area contributed by atoms with Crippen LogP contribution in [0.1, 0.15) is 29.6 Å². The molecule has 1 aromatic rings. The van der Waals surface area contributed by atoms with Crippen LogP contribution in [0.2, 0.25) is 0 Å². The van der Waals surface area contributed by atoms with Crippen molar-refractivity contribution >= 4 is 5.91 Å². The van der Waals surface area contributed by atoms with E-state index in [2.05, 4.69) is 0 Å². The van der Waals surface area contributed by atoms with E-state index in [-0.39, 0.29) is 11.7 Å². The summed E-state index contributed by atoms with van der Waals surface area (Å²) in [6, 6.07) is 7.08. The molecule has 0 spiro atoms. The first-order valence-corrected chi connectivity index (χ1v) is 5.84. The maximum Gasteiger partial charge on any atom is 0.254 e. The SMILES string of the molecule is O=C(c1cccc(O)c1)N1CC2CCC1C2. The third-order valence-electron chi connectivity index (χ3n) is 3.76. The number of hydrogen-bond donors (Lipinski definition) is 1. The number of carbonyl (C=O) groups excluding carboxylic acids is 1. The van der Waals surface area contributed by atoms with Crippen molar-refractivity contribution in [2.24, 2.45) is 5.92 Å². The Morgan fingerprint density at radius 1 is 1.38 bits per heavy atom. The van der Waals surface area contributed by atoms with Gasteiger partial charge in [0.2, 0.25) is 0 Å². The molecule has 2 unspecified atom stereocenters. The van der Waals surface area contributed by atoms with Gasteiger partial charge in [0.1, 0.15) is 5.75 Å². The summed E-state index contributed by atoms with van der Waals surface area (Å²) in [7, 11) is 0. The summed E-state index contributed by atoms with van der Waals surface area (Å²) < 4.78 is 0. The van der Waals surface area contributed by atoms with Crippen molar-refractivity contribution in [2.75, 3.05) is 6.54 Å². The summed E-state index contributed by atoms with van der Waals surface area (Å²) >= 11 is 0. The third-order valence-corrected chi connectivity index (χ3v) is 3.76. The molecule has 16 heavy (non-hydrogen) atoms. The average Bonchev–Trinajstić information content (AvgIpc) is 2.89. The Bertz CT molecular complexity index is 430. The molecule has 1 aromatic carbocycles. The predicted molar refractivity (Wildman–Crippen MR) is 60.3 cm³/mol. The van der Waals surface area contributed by atoms with Crippen LogP contribution in [0.5, 0.6) is 5.75 Å². The Kier molecular flexibility index (Phi) is 2.13. The average molecular weight is 217 g/mol. The molecule has 84 valence electrons.